The van der Waals surface area contributed by atoms with Crippen LogP contribution in [0.15, 0.2) is 42.6 Å². The van der Waals surface area contributed by atoms with E-state index >= 15 is 0 Å². The number of ether oxygens (including phenoxy) is 1. The zero-order valence-corrected chi connectivity index (χ0v) is 10.7. The first-order valence-corrected chi connectivity index (χ1v) is 6.22. The molecular weight excluding hydrogens is 240 g/mol. The summed E-state index contributed by atoms with van der Waals surface area (Å²) in [6.07, 6.45) is 1.62. The number of anilines is 1. The summed E-state index contributed by atoms with van der Waals surface area (Å²) < 4.78 is 5.55. The van der Waals surface area contributed by atoms with Crippen molar-refractivity contribution in [3.63, 3.8) is 0 Å². The van der Waals surface area contributed by atoms with Gasteiger partial charge in [-0.1, -0.05) is 12.1 Å². The van der Waals surface area contributed by atoms with E-state index in [4.69, 9.17) is 4.74 Å². The molecule has 0 unspecified atom stereocenters. The number of benzene rings is 1. The largest absolute Gasteiger partial charge is 0.490 e. The number of fused-ring (bicyclic) bond motifs is 1. The lowest BCUT2D eigenvalue weighted by Gasteiger charge is -2.29. The van der Waals surface area contributed by atoms with E-state index in [0.717, 1.165) is 17.1 Å². The van der Waals surface area contributed by atoms with Crippen molar-refractivity contribution in [3.8, 4) is 5.75 Å². The second kappa shape index (κ2) is 4.72. The molecule has 1 aliphatic rings. The molecule has 0 radical (unpaired) electrons. The number of amides is 1. The number of hydrogen-bond donors (Lipinski definition) is 0. The zero-order valence-electron chi connectivity index (χ0n) is 10.7. The summed E-state index contributed by atoms with van der Waals surface area (Å²) >= 11 is 0. The fourth-order valence-corrected chi connectivity index (χ4v) is 2.13. The highest BCUT2D eigenvalue weighted by atomic mass is 16.5. The Morgan fingerprint density at radius 3 is 2.89 bits per heavy atom. The summed E-state index contributed by atoms with van der Waals surface area (Å²) in [5, 5.41) is 0. The molecule has 1 aliphatic heterocycles. The van der Waals surface area contributed by atoms with Crippen LogP contribution in [0.1, 0.15) is 16.1 Å². The maximum atomic E-state index is 12.5. The highest BCUT2D eigenvalue weighted by Crippen LogP contribution is 2.31. The molecule has 0 saturated carbocycles. The van der Waals surface area contributed by atoms with Gasteiger partial charge in [0.1, 0.15) is 12.4 Å². The minimum absolute atomic E-state index is 0.0387. The number of nitrogens with zero attached hydrogens (tertiary/aromatic N) is 2. The number of carbonyl (C=O) groups is 1. The standard InChI is InChI=1S/C15H14N2O2/c1-11-6-7-12(10-16-11)15(18)17-8-9-19-14-5-3-2-4-13(14)17/h2-7,10H,8-9H2,1H3. The Morgan fingerprint density at radius 1 is 1.26 bits per heavy atom. The SMILES string of the molecule is Cc1ccc(C(=O)N2CCOc3ccccc32)cn1. The Hall–Kier alpha value is -2.36. The van der Waals surface area contributed by atoms with Gasteiger partial charge in [-0.05, 0) is 31.2 Å². The molecule has 4 nitrogen and oxygen atoms in total. The van der Waals surface area contributed by atoms with Crippen molar-refractivity contribution < 1.29 is 9.53 Å². The molecule has 0 atom stereocenters. The van der Waals surface area contributed by atoms with Gasteiger partial charge in [-0.15, -0.1) is 0 Å². The van der Waals surface area contributed by atoms with Crippen molar-refractivity contribution in [2.75, 3.05) is 18.1 Å². The van der Waals surface area contributed by atoms with Crippen LogP contribution in [-0.2, 0) is 0 Å². The van der Waals surface area contributed by atoms with Crippen LogP contribution in [0.2, 0.25) is 0 Å². The van der Waals surface area contributed by atoms with Gasteiger partial charge in [-0.25, -0.2) is 0 Å². The highest BCUT2D eigenvalue weighted by Gasteiger charge is 2.24. The second-order valence-corrected chi connectivity index (χ2v) is 4.46. The minimum Gasteiger partial charge on any atom is -0.490 e. The number of aryl methyl sites for hydroxylation is 1. The van der Waals surface area contributed by atoms with Crippen molar-refractivity contribution in [2.24, 2.45) is 0 Å². The van der Waals surface area contributed by atoms with Gasteiger partial charge in [-0.3, -0.25) is 9.78 Å². The first-order valence-electron chi connectivity index (χ1n) is 6.22. The molecule has 4 heteroatoms. The van der Waals surface area contributed by atoms with Gasteiger partial charge in [0, 0.05) is 11.9 Å². The van der Waals surface area contributed by atoms with Crippen molar-refractivity contribution in [1.29, 1.82) is 0 Å². The molecule has 0 N–H and O–H groups in total. The molecule has 0 saturated heterocycles. The van der Waals surface area contributed by atoms with Gasteiger partial charge in [0.15, 0.2) is 0 Å². The number of para-hydroxylation sites is 2. The molecular formula is C15H14N2O2. The van der Waals surface area contributed by atoms with Crippen LogP contribution in [0.3, 0.4) is 0 Å². The van der Waals surface area contributed by atoms with Crippen LogP contribution in [0.5, 0.6) is 5.75 Å². The van der Waals surface area contributed by atoms with E-state index < -0.39 is 0 Å². The van der Waals surface area contributed by atoms with Crippen molar-refractivity contribution in [2.45, 2.75) is 6.92 Å². The Bertz CT molecular complexity index is 608. The molecule has 0 fully saturated rings. The van der Waals surface area contributed by atoms with Crippen LogP contribution in [-0.4, -0.2) is 24.0 Å². The first-order chi connectivity index (χ1) is 9.25. The molecule has 0 bridgehead atoms. The number of carbonyl (C=O) groups excluding carboxylic acids is 1. The van der Waals surface area contributed by atoms with E-state index in [9.17, 15) is 4.79 Å². The van der Waals surface area contributed by atoms with Gasteiger partial charge >= 0.3 is 0 Å². The summed E-state index contributed by atoms with van der Waals surface area (Å²) in [5.74, 6) is 0.713. The van der Waals surface area contributed by atoms with E-state index in [-0.39, 0.29) is 5.91 Å². The maximum Gasteiger partial charge on any atom is 0.260 e. The molecule has 96 valence electrons. The number of hydrogen-bond acceptors (Lipinski definition) is 3. The van der Waals surface area contributed by atoms with E-state index in [1.807, 2.05) is 43.3 Å². The quantitative estimate of drug-likeness (QED) is 0.785. The summed E-state index contributed by atoms with van der Waals surface area (Å²) in [4.78, 5) is 18.4. The Kier molecular flexibility index (Phi) is 2.91. The van der Waals surface area contributed by atoms with Crippen LogP contribution in [0.4, 0.5) is 5.69 Å². The molecule has 1 aromatic carbocycles. The van der Waals surface area contributed by atoms with Crippen LogP contribution in [0, 0.1) is 6.92 Å². The predicted molar refractivity (Wildman–Crippen MR) is 72.6 cm³/mol. The smallest absolute Gasteiger partial charge is 0.260 e. The normalized spacial score (nSPS) is 13.6. The lowest BCUT2D eigenvalue weighted by Crippen LogP contribution is -2.37. The minimum atomic E-state index is -0.0387. The van der Waals surface area contributed by atoms with E-state index in [0.29, 0.717) is 18.7 Å². The lowest BCUT2D eigenvalue weighted by molar-refractivity contribution is 0.0976. The van der Waals surface area contributed by atoms with Crippen LogP contribution < -0.4 is 9.64 Å². The first kappa shape index (κ1) is 11.7. The topological polar surface area (TPSA) is 42.4 Å². The average molecular weight is 254 g/mol. The third-order valence-corrected chi connectivity index (χ3v) is 3.13. The summed E-state index contributed by atoms with van der Waals surface area (Å²) in [7, 11) is 0. The Labute approximate surface area is 111 Å². The maximum absolute atomic E-state index is 12.5. The zero-order chi connectivity index (χ0) is 13.2. The van der Waals surface area contributed by atoms with Crippen molar-refractivity contribution in [1.82, 2.24) is 4.98 Å². The van der Waals surface area contributed by atoms with Gasteiger partial charge in [0.25, 0.3) is 5.91 Å². The summed E-state index contributed by atoms with van der Waals surface area (Å²) in [5.41, 5.74) is 2.32. The number of pyridine rings is 1. The third-order valence-electron chi connectivity index (χ3n) is 3.13. The summed E-state index contributed by atoms with van der Waals surface area (Å²) in [6, 6.07) is 11.2. The summed E-state index contributed by atoms with van der Waals surface area (Å²) in [6.45, 7) is 2.98. The molecule has 1 aromatic heterocycles. The molecule has 2 heterocycles. The lowest BCUT2D eigenvalue weighted by atomic mass is 10.2. The molecule has 3 rings (SSSR count). The van der Waals surface area contributed by atoms with Crippen molar-refractivity contribution in [3.05, 3.63) is 53.9 Å². The molecule has 0 spiro atoms. The average Bonchev–Trinajstić information content (AvgIpc) is 2.47. The third kappa shape index (κ3) is 2.17. The van der Waals surface area contributed by atoms with Gasteiger partial charge < -0.3 is 9.64 Å². The second-order valence-electron chi connectivity index (χ2n) is 4.46. The van der Waals surface area contributed by atoms with Gasteiger partial charge in [0.05, 0.1) is 17.8 Å². The van der Waals surface area contributed by atoms with E-state index in [2.05, 4.69) is 4.98 Å². The van der Waals surface area contributed by atoms with E-state index in [1.165, 1.54) is 0 Å². The molecule has 2 aromatic rings. The number of aromatic nitrogens is 1. The fraction of sp³-hybridized carbons (Fsp3) is 0.200. The van der Waals surface area contributed by atoms with E-state index in [1.54, 1.807) is 11.1 Å². The van der Waals surface area contributed by atoms with Crippen LogP contribution >= 0.6 is 0 Å². The Balaban J connectivity index is 1.95. The molecule has 19 heavy (non-hydrogen) atoms. The highest BCUT2D eigenvalue weighted by molar-refractivity contribution is 6.06. The Morgan fingerprint density at radius 2 is 2.11 bits per heavy atom. The van der Waals surface area contributed by atoms with Gasteiger partial charge in [-0.2, -0.15) is 0 Å². The van der Waals surface area contributed by atoms with Crippen LogP contribution in [0.25, 0.3) is 0 Å². The van der Waals surface area contributed by atoms with Gasteiger partial charge in [0.2, 0.25) is 0 Å². The fourth-order valence-electron chi connectivity index (χ4n) is 2.13. The van der Waals surface area contributed by atoms with Crippen molar-refractivity contribution >= 4 is 11.6 Å². The molecule has 0 aliphatic carbocycles. The number of rotatable bonds is 1. The predicted octanol–water partition coefficient (Wildman–Crippen LogP) is 2.43. The monoisotopic (exact) mass is 254 g/mol. The molecule has 1 amide bonds.